The number of aromatic nitrogens is 2. The van der Waals surface area contributed by atoms with Gasteiger partial charge in [0.1, 0.15) is 5.82 Å². The Morgan fingerprint density at radius 3 is 2.57 bits per heavy atom. The molecule has 0 unspecified atom stereocenters. The van der Waals surface area contributed by atoms with Crippen LogP contribution in [0.4, 0.5) is 21.6 Å². The van der Waals surface area contributed by atoms with Crippen LogP contribution in [0.2, 0.25) is 0 Å². The number of benzene rings is 3. The van der Waals surface area contributed by atoms with E-state index in [0.717, 1.165) is 11.1 Å². The van der Waals surface area contributed by atoms with Crippen LogP contribution in [0.25, 0.3) is 11.3 Å². The zero-order chi connectivity index (χ0) is 35.5. The number of carbonyl (C=O) groups excluding carboxylic acids is 2. The van der Waals surface area contributed by atoms with Crippen molar-refractivity contribution in [2.24, 2.45) is 7.05 Å². The summed E-state index contributed by atoms with van der Waals surface area (Å²) in [4.78, 5) is 47.2. The van der Waals surface area contributed by atoms with Crippen LogP contribution in [0.15, 0.2) is 77.7 Å². The first-order valence-corrected chi connectivity index (χ1v) is 16.2. The Kier molecular flexibility index (Phi) is 10.4. The second kappa shape index (κ2) is 14.6. The molecule has 256 valence electrons. The van der Waals surface area contributed by atoms with Crippen molar-refractivity contribution in [3.63, 3.8) is 0 Å². The van der Waals surface area contributed by atoms with Gasteiger partial charge in [0.05, 0.1) is 23.6 Å². The minimum atomic E-state index is -0.558. The Morgan fingerprint density at radius 2 is 1.86 bits per heavy atom. The van der Waals surface area contributed by atoms with E-state index in [1.807, 2.05) is 64.0 Å². The molecule has 1 aliphatic rings. The van der Waals surface area contributed by atoms with Crippen LogP contribution in [-0.2, 0) is 36.8 Å². The lowest BCUT2D eigenvalue weighted by atomic mass is 9.83. The molecule has 1 aromatic heterocycles. The third-order valence-corrected chi connectivity index (χ3v) is 8.45. The van der Waals surface area contributed by atoms with Gasteiger partial charge in [0.25, 0.3) is 11.5 Å². The summed E-state index contributed by atoms with van der Waals surface area (Å²) < 4.78 is 16.8. The van der Waals surface area contributed by atoms with Crippen LogP contribution in [0, 0.1) is 5.82 Å². The number of nitrogens with one attached hydrogen (secondary N) is 2. The Hall–Kier alpha value is -5.13. The third kappa shape index (κ3) is 7.96. The van der Waals surface area contributed by atoms with Gasteiger partial charge < -0.3 is 30.1 Å². The van der Waals surface area contributed by atoms with Crippen LogP contribution in [0.3, 0.4) is 0 Å². The van der Waals surface area contributed by atoms with Crippen LogP contribution in [0.1, 0.15) is 53.4 Å². The number of amides is 2. The number of likely N-dealkylation sites (N-methyl/N-ethyl adjacent to an activating group) is 1. The fourth-order valence-corrected chi connectivity index (χ4v) is 5.80. The maximum absolute atomic E-state index is 15.4. The minimum Gasteiger partial charge on any atom is -0.392 e. The molecule has 49 heavy (non-hydrogen) atoms. The van der Waals surface area contributed by atoms with Gasteiger partial charge in [-0.3, -0.25) is 14.4 Å². The Morgan fingerprint density at radius 1 is 1.10 bits per heavy atom. The molecule has 0 saturated carbocycles. The second-order valence-corrected chi connectivity index (χ2v) is 13.5. The summed E-state index contributed by atoms with van der Waals surface area (Å²) >= 11 is 0. The van der Waals surface area contributed by atoms with Gasteiger partial charge in [0, 0.05) is 55.8 Å². The summed E-state index contributed by atoms with van der Waals surface area (Å²) in [6.07, 6.45) is 5.31. The molecule has 4 aromatic rings. The monoisotopic (exact) mass is 666 g/mol. The van der Waals surface area contributed by atoms with E-state index in [9.17, 15) is 19.5 Å². The van der Waals surface area contributed by atoms with Crippen molar-refractivity contribution in [3.8, 4) is 11.3 Å². The fraction of sp³-hybridized carbons (Fsp3) is 0.316. The molecule has 10 nitrogen and oxygen atoms in total. The number of aliphatic hydroxyl groups excluding tert-OH is 1. The number of hydrogen-bond donors (Lipinski definition) is 3. The SMILES string of the molecule is CN(C)C/C=C/C(=O)NCc1cccc(Nc2nc(-c3cccc(N4CCc5cc(C(C)(C)C)cc(F)c5C4=O)c3CO)cn(C)c2=O)c1. The predicted molar refractivity (Wildman–Crippen MR) is 191 cm³/mol. The highest BCUT2D eigenvalue weighted by Gasteiger charge is 2.32. The van der Waals surface area contributed by atoms with Crippen molar-refractivity contribution in [2.45, 2.75) is 45.8 Å². The van der Waals surface area contributed by atoms with Crippen molar-refractivity contribution in [1.29, 1.82) is 0 Å². The van der Waals surface area contributed by atoms with E-state index in [4.69, 9.17) is 0 Å². The summed E-state index contributed by atoms with van der Waals surface area (Å²) in [5, 5.41) is 16.6. The smallest absolute Gasteiger partial charge is 0.293 e. The Bertz CT molecular complexity index is 1980. The minimum absolute atomic E-state index is 0.0443. The molecule has 0 fully saturated rings. The fourth-order valence-electron chi connectivity index (χ4n) is 5.80. The maximum Gasteiger partial charge on any atom is 0.293 e. The predicted octanol–water partition coefficient (Wildman–Crippen LogP) is 5.06. The molecule has 2 amide bonds. The molecule has 0 spiro atoms. The summed E-state index contributed by atoms with van der Waals surface area (Å²) in [6.45, 7) is 6.85. The number of aliphatic hydroxyl groups is 1. The maximum atomic E-state index is 15.4. The lowest BCUT2D eigenvalue weighted by molar-refractivity contribution is -0.116. The van der Waals surface area contributed by atoms with Gasteiger partial charge in [-0.1, -0.05) is 57.2 Å². The molecule has 3 aromatic carbocycles. The highest BCUT2D eigenvalue weighted by atomic mass is 19.1. The van der Waals surface area contributed by atoms with Gasteiger partial charge in [-0.05, 0) is 66.9 Å². The molecule has 0 saturated heterocycles. The van der Waals surface area contributed by atoms with E-state index >= 15 is 4.39 Å². The number of rotatable bonds is 10. The number of halogens is 1. The van der Waals surface area contributed by atoms with Gasteiger partial charge in [-0.25, -0.2) is 9.37 Å². The van der Waals surface area contributed by atoms with E-state index in [1.165, 1.54) is 21.6 Å². The van der Waals surface area contributed by atoms with Crippen LogP contribution >= 0.6 is 0 Å². The first-order chi connectivity index (χ1) is 23.3. The summed E-state index contributed by atoms with van der Waals surface area (Å²) in [5.74, 6) is -1.18. The molecule has 0 radical (unpaired) electrons. The molecule has 0 bridgehead atoms. The van der Waals surface area contributed by atoms with Crippen LogP contribution < -0.4 is 21.1 Å². The number of fused-ring (bicyclic) bond motifs is 1. The largest absolute Gasteiger partial charge is 0.392 e. The van der Waals surface area contributed by atoms with Gasteiger partial charge in [0.15, 0.2) is 5.82 Å². The standard InChI is InChI=1S/C38H43FN6O4/c1-38(2,3)26-19-25-15-17-45(36(48)34(25)30(39)20-26)32-13-8-12-28(29(32)23-46)31-22-44(6)37(49)35(42-31)41-27-11-7-10-24(18-27)21-40-33(47)14-9-16-43(4)5/h7-14,18-20,22,46H,15-17,21,23H2,1-6H3,(H,40,47)(H,41,42)/b14-9+. The molecule has 3 N–H and O–H groups in total. The van der Waals surface area contributed by atoms with E-state index in [-0.39, 0.29) is 28.3 Å². The number of carbonyl (C=O) groups is 2. The molecule has 2 heterocycles. The van der Waals surface area contributed by atoms with Gasteiger partial charge in [-0.15, -0.1) is 0 Å². The van der Waals surface area contributed by atoms with Crippen molar-refractivity contribution in [1.82, 2.24) is 19.8 Å². The van der Waals surface area contributed by atoms with Crippen molar-refractivity contribution in [2.75, 3.05) is 37.4 Å². The molecule has 0 aliphatic carbocycles. The van der Waals surface area contributed by atoms with Crippen molar-refractivity contribution in [3.05, 3.63) is 117 Å². The molecule has 5 rings (SSSR count). The van der Waals surface area contributed by atoms with Gasteiger partial charge in [0.2, 0.25) is 5.91 Å². The normalized spacial score (nSPS) is 13.2. The summed E-state index contributed by atoms with van der Waals surface area (Å²) in [5.41, 5.74) is 4.13. The first-order valence-electron chi connectivity index (χ1n) is 16.2. The van der Waals surface area contributed by atoms with E-state index in [1.54, 1.807) is 43.6 Å². The van der Waals surface area contributed by atoms with Gasteiger partial charge >= 0.3 is 0 Å². The zero-order valence-corrected chi connectivity index (χ0v) is 28.8. The van der Waals surface area contributed by atoms with Crippen LogP contribution in [-0.4, -0.2) is 58.6 Å². The lowest BCUT2D eigenvalue weighted by Crippen LogP contribution is -2.39. The highest BCUT2D eigenvalue weighted by Crippen LogP contribution is 2.36. The number of anilines is 3. The average molecular weight is 667 g/mol. The summed E-state index contributed by atoms with van der Waals surface area (Å²) in [7, 11) is 5.45. The van der Waals surface area contributed by atoms with E-state index < -0.39 is 18.3 Å². The third-order valence-electron chi connectivity index (χ3n) is 8.45. The molecule has 0 atom stereocenters. The second-order valence-electron chi connectivity index (χ2n) is 13.5. The molecular formula is C38H43FN6O4. The molecule has 1 aliphatic heterocycles. The van der Waals surface area contributed by atoms with Crippen molar-refractivity contribution >= 4 is 29.0 Å². The number of hydrogen-bond acceptors (Lipinski definition) is 7. The topological polar surface area (TPSA) is 120 Å². The Balaban J connectivity index is 1.42. The molecule has 11 heteroatoms. The molecular weight excluding hydrogens is 623 g/mol. The first kappa shape index (κ1) is 35.2. The highest BCUT2D eigenvalue weighted by molar-refractivity contribution is 6.09. The zero-order valence-electron chi connectivity index (χ0n) is 28.8. The summed E-state index contributed by atoms with van der Waals surface area (Å²) in [6, 6.07) is 15.9. The van der Waals surface area contributed by atoms with Crippen LogP contribution in [0.5, 0.6) is 0 Å². The average Bonchev–Trinajstić information content (AvgIpc) is 3.05. The number of nitrogens with zero attached hydrogens (tertiary/aromatic N) is 4. The van der Waals surface area contributed by atoms with Gasteiger partial charge in [-0.2, -0.15) is 0 Å². The van der Waals surface area contributed by atoms with E-state index in [0.29, 0.717) is 59.8 Å². The lowest BCUT2D eigenvalue weighted by Gasteiger charge is -2.32. The number of aryl methyl sites for hydroxylation is 1. The quantitative estimate of drug-likeness (QED) is 0.203. The van der Waals surface area contributed by atoms with Crippen molar-refractivity contribution < 1.29 is 19.1 Å². The van der Waals surface area contributed by atoms with E-state index in [2.05, 4.69) is 15.6 Å². The Labute approximate surface area is 285 Å².